The molecule has 3 rings (SSSR count). The molecule has 4 nitrogen and oxygen atoms in total. The maximum Gasteiger partial charge on any atom is 0.254 e. The first-order chi connectivity index (χ1) is 15.9. The molecule has 2 aromatic carbocycles. The van der Waals surface area contributed by atoms with Crippen LogP contribution in [0.25, 0.3) is 0 Å². The number of unbranched alkanes of at least 4 members (excludes halogenated alkanes) is 1. The van der Waals surface area contributed by atoms with Crippen LogP contribution in [0.5, 0.6) is 0 Å². The van der Waals surface area contributed by atoms with Gasteiger partial charge in [-0.1, -0.05) is 43.2 Å². The van der Waals surface area contributed by atoms with Crippen LogP contribution in [-0.2, 0) is 17.9 Å². The van der Waals surface area contributed by atoms with Gasteiger partial charge in [0.15, 0.2) is 0 Å². The SMILES string of the molecule is CCCCN(CC(=O)N(Cc1ccc(F)cc1)Cc1ccc(C)s1)C(=O)c1ccc(C)cc1. The van der Waals surface area contributed by atoms with E-state index >= 15 is 0 Å². The molecule has 6 heteroatoms. The molecule has 0 saturated carbocycles. The number of thiophene rings is 1. The Balaban J connectivity index is 1.80. The van der Waals surface area contributed by atoms with Crippen LogP contribution >= 0.6 is 11.3 Å². The van der Waals surface area contributed by atoms with E-state index in [0.717, 1.165) is 28.8 Å². The lowest BCUT2D eigenvalue weighted by atomic mass is 10.1. The molecule has 0 aliphatic carbocycles. The Kier molecular flexibility index (Phi) is 8.78. The fraction of sp³-hybridized carbons (Fsp3) is 0.333. The summed E-state index contributed by atoms with van der Waals surface area (Å²) in [6.07, 6.45) is 1.76. The molecule has 0 spiro atoms. The van der Waals surface area contributed by atoms with Gasteiger partial charge >= 0.3 is 0 Å². The van der Waals surface area contributed by atoms with E-state index in [1.807, 2.05) is 50.2 Å². The molecule has 0 fully saturated rings. The van der Waals surface area contributed by atoms with Crippen LogP contribution < -0.4 is 0 Å². The van der Waals surface area contributed by atoms with E-state index < -0.39 is 0 Å². The number of amides is 2. The molecule has 2 amide bonds. The summed E-state index contributed by atoms with van der Waals surface area (Å²) in [5.74, 6) is -0.563. The van der Waals surface area contributed by atoms with Gasteiger partial charge in [0.05, 0.1) is 6.54 Å². The zero-order valence-electron chi connectivity index (χ0n) is 19.5. The smallest absolute Gasteiger partial charge is 0.254 e. The number of hydrogen-bond donors (Lipinski definition) is 0. The zero-order chi connectivity index (χ0) is 23.8. The second-order valence-electron chi connectivity index (χ2n) is 8.33. The predicted octanol–water partition coefficient (Wildman–Crippen LogP) is 5.98. The summed E-state index contributed by atoms with van der Waals surface area (Å²) >= 11 is 1.65. The van der Waals surface area contributed by atoms with Crippen molar-refractivity contribution in [2.45, 2.75) is 46.7 Å². The van der Waals surface area contributed by atoms with Crippen molar-refractivity contribution in [3.05, 3.63) is 92.9 Å². The minimum absolute atomic E-state index is 0.0122. The summed E-state index contributed by atoms with van der Waals surface area (Å²) < 4.78 is 13.4. The highest BCUT2D eigenvalue weighted by Crippen LogP contribution is 2.19. The Hall–Kier alpha value is -2.99. The Morgan fingerprint density at radius 1 is 0.879 bits per heavy atom. The normalized spacial score (nSPS) is 10.8. The highest BCUT2D eigenvalue weighted by Gasteiger charge is 2.23. The number of carbonyl (C=O) groups excluding carboxylic acids is 2. The topological polar surface area (TPSA) is 40.6 Å². The van der Waals surface area contributed by atoms with Crippen molar-refractivity contribution in [1.82, 2.24) is 9.80 Å². The number of carbonyl (C=O) groups is 2. The average Bonchev–Trinajstić information content (AvgIpc) is 3.22. The number of halogens is 1. The standard InChI is InChI=1S/C27H31FN2O2S/c1-4-5-16-29(27(32)23-11-6-20(2)7-12-23)19-26(31)30(18-25-15-8-21(3)33-25)17-22-9-13-24(28)14-10-22/h6-15H,4-5,16-19H2,1-3H3. The lowest BCUT2D eigenvalue weighted by molar-refractivity contribution is -0.133. The average molecular weight is 467 g/mol. The van der Waals surface area contributed by atoms with Crippen molar-refractivity contribution in [2.24, 2.45) is 0 Å². The van der Waals surface area contributed by atoms with Gasteiger partial charge in [0.25, 0.3) is 5.91 Å². The molecular weight excluding hydrogens is 435 g/mol. The summed E-state index contributed by atoms with van der Waals surface area (Å²) in [4.78, 5) is 32.3. The van der Waals surface area contributed by atoms with Crippen LogP contribution in [0.3, 0.4) is 0 Å². The first kappa shape index (κ1) is 24.6. The van der Waals surface area contributed by atoms with Crippen molar-refractivity contribution in [1.29, 1.82) is 0 Å². The molecule has 1 heterocycles. The molecule has 0 radical (unpaired) electrons. The Morgan fingerprint density at radius 3 is 2.18 bits per heavy atom. The maximum atomic E-state index is 13.5. The van der Waals surface area contributed by atoms with Crippen LogP contribution in [0, 0.1) is 19.7 Å². The summed E-state index contributed by atoms with van der Waals surface area (Å²) in [6, 6.07) is 17.7. The third kappa shape index (κ3) is 7.26. The van der Waals surface area contributed by atoms with Crippen LogP contribution in [0.1, 0.15) is 51.0 Å². The molecule has 174 valence electrons. The van der Waals surface area contributed by atoms with Gasteiger partial charge in [-0.25, -0.2) is 4.39 Å². The quantitative estimate of drug-likeness (QED) is 0.369. The van der Waals surface area contributed by atoms with Crippen LogP contribution in [0.15, 0.2) is 60.7 Å². The number of hydrogen-bond acceptors (Lipinski definition) is 3. The molecule has 1 aromatic heterocycles. The van der Waals surface area contributed by atoms with Gasteiger partial charge in [-0.3, -0.25) is 9.59 Å². The Bertz CT molecular complexity index is 1060. The molecular formula is C27H31FN2O2S. The maximum absolute atomic E-state index is 13.5. The molecule has 0 aliphatic heterocycles. The molecule has 3 aromatic rings. The van der Waals surface area contributed by atoms with Crippen LogP contribution in [0.2, 0.25) is 0 Å². The summed E-state index contributed by atoms with van der Waals surface area (Å²) in [6.45, 7) is 7.43. The highest BCUT2D eigenvalue weighted by atomic mass is 32.1. The largest absolute Gasteiger partial charge is 0.332 e. The summed E-state index contributed by atoms with van der Waals surface area (Å²) in [7, 11) is 0. The Morgan fingerprint density at radius 2 is 1.58 bits per heavy atom. The van der Waals surface area contributed by atoms with E-state index in [2.05, 4.69) is 6.92 Å². The molecule has 0 saturated heterocycles. The minimum atomic E-state index is -0.306. The third-order valence-electron chi connectivity index (χ3n) is 5.48. The molecule has 0 aliphatic rings. The molecule has 0 unspecified atom stereocenters. The van der Waals surface area contributed by atoms with Gasteiger partial charge in [-0.05, 0) is 62.2 Å². The highest BCUT2D eigenvalue weighted by molar-refractivity contribution is 7.11. The molecule has 0 bridgehead atoms. The first-order valence-electron chi connectivity index (χ1n) is 11.3. The van der Waals surface area contributed by atoms with E-state index in [0.29, 0.717) is 25.2 Å². The second kappa shape index (κ2) is 11.8. The van der Waals surface area contributed by atoms with Crippen molar-refractivity contribution in [3.8, 4) is 0 Å². The van der Waals surface area contributed by atoms with Gasteiger partial charge in [0, 0.05) is 28.4 Å². The van der Waals surface area contributed by atoms with Crippen molar-refractivity contribution in [3.63, 3.8) is 0 Å². The van der Waals surface area contributed by atoms with Crippen molar-refractivity contribution in [2.75, 3.05) is 13.1 Å². The lowest BCUT2D eigenvalue weighted by Crippen LogP contribution is -2.42. The van der Waals surface area contributed by atoms with Crippen molar-refractivity contribution < 1.29 is 14.0 Å². The van der Waals surface area contributed by atoms with Gasteiger partial charge in [-0.15, -0.1) is 11.3 Å². The number of aryl methyl sites for hydroxylation is 2. The number of benzene rings is 2. The molecule has 0 atom stereocenters. The van der Waals surface area contributed by atoms with E-state index in [1.54, 1.807) is 33.3 Å². The van der Waals surface area contributed by atoms with Crippen LogP contribution in [0.4, 0.5) is 4.39 Å². The van der Waals surface area contributed by atoms with E-state index in [4.69, 9.17) is 0 Å². The zero-order valence-corrected chi connectivity index (χ0v) is 20.3. The predicted molar refractivity (Wildman–Crippen MR) is 132 cm³/mol. The first-order valence-corrected chi connectivity index (χ1v) is 12.1. The number of rotatable bonds is 10. The van der Waals surface area contributed by atoms with E-state index in [9.17, 15) is 14.0 Å². The van der Waals surface area contributed by atoms with Crippen molar-refractivity contribution >= 4 is 23.2 Å². The summed E-state index contributed by atoms with van der Waals surface area (Å²) in [5, 5.41) is 0. The Labute approximate surface area is 199 Å². The van der Waals surface area contributed by atoms with Gasteiger partial charge in [0.2, 0.25) is 5.91 Å². The van der Waals surface area contributed by atoms with E-state index in [-0.39, 0.29) is 24.2 Å². The van der Waals surface area contributed by atoms with Gasteiger partial charge in [0.1, 0.15) is 12.4 Å². The lowest BCUT2D eigenvalue weighted by Gasteiger charge is -2.28. The third-order valence-corrected chi connectivity index (χ3v) is 6.46. The molecule has 33 heavy (non-hydrogen) atoms. The second-order valence-corrected chi connectivity index (χ2v) is 9.71. The minimum Gasteiger partial charge on any atom is -0.332 e. The summed E-state index contributed by atoms with van der Waals surface area (Å²) in [5.41, 5.74) is 2.52. The van der Waals surface area contributed by atoms with Gasteiger partial charge in [-0.2, -0.15) is 0 Å². The van der Waals surface area contributed by atoms with E-state index in [1.165, 1.54) is 17.0 Å². The fourth-order valence-electron chi connectivity index (χ4n) is 3.54. The van der Waals surface area contributed by atoms with Crippen LogP contribution in [-0.4, -0.2) is 34.7 Å². The van der Waals surface area contributed by atoms with Gasteiger partial charge < -0.3 is 9.80 Å². The monoisotopic (exact) mass is 466 g/mol. The molecule has 0 N–H and O–H groups in total. The fourth-order valence-corrected chi connectivity index (χ4v) is 4.45. The number of nitrogens with zero attached hydrogens (tertiary/aromatic N) is 2.